The van der Waals surface area contributed by atoms with E-state index in [0.717, 1.165) is 5.32 Å². The summed E-state index contributed by atoms with van der Waals surface area (Å²) in [6.45, 7) is 6.10. The summed E-state index contributed by atoms with van der Waals surface area (Å²) in [6.07, 6.45) is 0. The van der Waals surface area contributed by atoms with Gasteiger partial charge in [-0.2, -0.15) is 0 Å². The lowest BCUT2D eigenvalue weighted by molar-refractivity contribution is 1.31. The van der Waals surface area contributed by atoms with Crippen LogP contribution < -0.4 is 20.9 Å². The Morgan fingerprint density at radius 3 is 1.31 bits per heavy atom. The lowest BCUT2D eigenvalue weighted by Gasteiger charge is -2.33. The van der Waals surface area contributed by atoms with E-state index >= 15 is 0 Å². The summed E-state index contributed by atoms with van der Waals surface area (Å²) in [5.74, 6) is 0. The molecule has 0 aliphatic rings. The Kier molecular flexibility index (Phi) is 4.51. The highest BCUT2D eigenvalue weighted by atomic mass is 28.3. The smallest absolute Gasteiger partial charge is 0.201 e. The van der Waals surface area contributed by atoms with Crippen molar-refractivity contribution in [2.45, 2.75) is 0 Å². The molecule has 0 saturated heterocycles. The molecule has 124 valence electrons. The van der Waals surface area contributed by atoms with Crippen molar-refractivity contribution in [2.24, 2.45) is 0 Å². The molecule has 26 heavy (non-hydrogen) atoms. The monoisotopic (exact) mass is 349 g/mol. The van der Waals surface area contributed by atoms with Gasteiger partial charge in [-0.05, 0) is 27.7 Å². The molecule has 2 heteroatoms. The SMILES string of the molecule is [CH]c1cccc([Si](c2ccccc2)(c2ccccc2)c2ccccc2)n1. The maximum atomic E-state index is 6.10. The summed E-state index contributed by atoms with van der Waals surface area (Å²) in [5, 5.41) is 4.96. The molecule has 0 aliphatic heterocycles. The van der Waals surface area contributed by atoms with Crippen LogP contribution in [-0.2, 0) is 0 Å². The number of benzene rings is 3. The van der Waals surface area contributed by atoms with Crippen LogP contribution in [0.3, 0.4) is 0 Å². The van der Waals surface area contributed by atoms with Crippen molar-refractivity contribution in [3.63, 3.8) is 0 Å². The minimum Gasteiger partial charge on any atom is -0.261 e. The van der Waals surface area contributed by atoms with Gasteiger partial charge in [0.25, 0.3) is 0 Å². The zero-order valence-corrected chi connectivity index (χ0v) is 15.4. The molecule has 4 rings (SSSR count). The highest BCUT2D eigenvalue weighted by molar-refractivity contribution is 7.19. The van der Waals surface area contributed by atoms with Crippen molar-refractivity contribution in [2.75, 3.05) is 0 Å². The van der Waals surface area contributed by atoms with E-state index in [2.05, 4.69) is 97.1 Å². The predicted octanol–water partition coefficient (Wildman–Crippen LogP) is 2.52. The van der Waals surface area contributed by atoms with E-state index in [1.54, 1.807) is 0 Å². The fraction of sp³-hybridized carbons (Fsp3) is 0. The molecule has 0 amide bonds. The average Bonchev–Trinajstić information content (AvgIpc) is 2.71. The molecule has 0 bridgehead atoms. The molecule has 0 N–H and O–H groups in total. The molecule has 0 aliphatic carbocycles. The summed E-state index contributed by atoms with van der Waals surface area (Å²) in [5.41, 5.74) is 0.558. The molecule has 4 aromatic rings. The number of hydrogen-bond donors (Lipinski definition) is 0. The number of pyridine rings is 1. The van der Waals surface area contributed by atoms with Crippen LogP contribution in [0.15, 0.2) is 109 Å². The van der Waals surface area contributed by atoms with E-state index in [1.165, 1.54) is 15.6 Å². The van der Waals surface area contributed by atoms with Crippen molar-refractivity contribution in [3.8, 4) is 0 Å². The number of rotatable bonds is 4. The van der Waals surface area contributed by atoms with Gasteiger partial charge in [0.05, 0.1) is 0 Å². The Morgan fingerprint density at radius 1 is 0.500 bits per heavy atom. The number of nitrogens with zero attached hydrogens (tertiary/aromatic N) is 1. The fourth-order valence-electron chi connectivity index (χ4n) is 3.67. The highest BCUT2D eigenvalue weighted by Crippen LogP contribution is 2.08. The maximum absolute atomic E-state index is 6.10. The molecular formula is C24H19NSi. The minimum atomic E-state index is -2.52. The first-order valence-corrected chi connectivity index (χ1v) is 10.7. The summed E-state index contributed by atoms with van der Waals surface area (Å²) in [6, 6.07) is 38.1. The molecule has 0 atom stereocenters. The van der Waals surface area contributed by atoms with Crippen LogP contribution >= 0.6 is 0 Å². The van der Waals surface area contributed by atoms with Crippen molar-refractivity contribution >= 4 is 29.0 Å². The van der Waals surface area contributed by atoms with Gasteiger partial charge in [-0.1, -0.05) is 97.1 Å². The van der Waals surface area contributed by atoms with E-state index in [9.17, 15) is 0 Å². The third kappa shape index (κ3) is 2.79. The third-order valence-electron chi connectivity index (χ3n) is 4.78. The van der Waals surface area contributed by atoms with Gasteiger partial charge in [-0.15, -0.1) is 0 Å². The summed E-state index contributed by atoms with van der Waals surface area (Å²) >= 11 is 0. The first-order valence-electron chi connectivity index (χ1n) is 8.71. The molecule has 0 fully saturated rings. The Balaban J connectivity index is 2.14. The molecular weight excluding hydrogens is 330 g/mol. The van der Waals surface area contributed by atoms with Crippen LogP contribution in [0, 0.1) is 6.92 Å². The molecule has 0 saturated carbocycles. The quantitative estimate of drug-likeness (QED) is 0.408. The highest BCUT2D eigenvalue weighted by Gasteiger charge is 2.42. The zero-order valence-electron chi connectivity index (χ0n) is 14.4. The van der Waals surface area contributed by atoms with E-state index in [1.807, 2.05) is 12.1 Å². The molecule has 1 heterocycles. The van der Waals surface area contributed by atoms with E-state index in [4.69, 9.17) is 11.9 Å². The van der Waals surface area contributed by atoms with Gasteiger partial charge in [0, 0.05) is 17.9 Å². The average molecular weight is 350 g/mol. The second-order valence-corrected chi connectivity index (χ2v) is 10.0. The Morgan fingerprint density at radius 2 is 0.923 bits per heavy atom. The maximum Gasteiger partial charge on any atom is 0.201 e. The standard InChI is InChI=1S/C24H19NSi/c1-20-12-11-19-24(25-20)26(21-13-5-2-6-14-21,22-15-7-3-8-16-22)23-17-9-4-10-18-23/h1-19H. The van der Waals surface area contributed by atoms with Crippen molar-refractivity contribution in [1.29, 1.82) is 0 Å². The first kappa shape index (κ1) is 16.5. The van der Waals surface area contributed by atoms with Crippen molar-refractivity contribution < 1.29 is 0 Å². The van der Waals surface area contributed by atoms with Crippen molar-refractivity contribution in [3.05, 3.63) is 122 Å². The topological polar surface area (TPSA) is 12.9 Å². The van der Waals surface area contributed by atoms with Crippen LogP contribution in [0.1, 0.15) is 5.69 Å². The zero-order chi connectivity index (χ0) is 17.8. The van der Waals surface area contributed by atoms with Crippen LogP contribution in [0.2, 0.25) is 0 Å². The number of hydrogen-bond acceptors (Lipinski definition) is 1. The van der Waals surface area contributed by atoms with Gasteiger partial charge in [0.1, 0.15) is 0 Å². The number of aromatic nitrogens is 1. The van der Waals surface area contributed by atoms with Gasteiger partial charge in [-0.25, -0.2) is 0 Å². The van der Waals surface area contributed by atoms with Gasteiger partial charge in [-0.3, -0.25) is 4.98 Å². The molecule has 1 nitrogen and oxygen atoms in total. The lowest BCUT2D eigenvalue weighted by Crippen LogP contribution is -2.75. The second-order valence-electron chi connectivity index (χ2n) is 6.30. The van der Waals surface area contributed by atoms with Gasteiger partial charge in [0.2, 0.25) is 8.07 Å². The Hall–Kier alpha value is -2.97. The third-order valence-corrected chi connectivity index (χ3v) is 9.42. The summed E-state index contributed by atoms with van der Waals surface area (Å²) < 4.78 is 0. The molecule has 0 spiro atoms. The van der Waals surface area contributed by atoms with Crippen LogP contribution in [-0.4, -0.2) is 13.1 Å². The molecule has 0 unspecified atom stereocenters. The summed E-state index contributed by atoms with van der Waals surface area (Å²) in [4.78, 5) is 4.81. The van der Waals surface area contributed by atoms with Gasteiger partial charge < -0.3 is 0 Å². The van der Waals surface area contributed by atoms with Crippen LogP contribution in [0.25, 0.3) is 0 Å². The van der Waals surface area contributed by atoms with E-state index in [0.29, 0.717) is 5.69 Å². The fourth-order valence-corrected chi connectivity index (χ4v) is 8.28. The predicted molar refractivity (Wildman–Crippen MR) is 111 cm³/mol. The largest absolute Gasteiger partial charge is 0.261 e. The molecule has 1 aromatic heterocycles. The Bertz CT molecular complexity index is 885. The second kappa shape index (κ2) is 7.10. The van der Waals surface area contributed by atoms with E-state index < -0.39 is 8.07 Å². The Labute approximate surface area is 156 Å². The van der Waals surface area contributed by atoms with Gasteiger partial charge >= 0.3 is 0 Å². The van der Waals surface area contributed by atoms with Crippen LogP contribution in [0.4, 0.5) is 0 Å². The molecule has 3 aromatic carbocycles. The first-order chi connectivity index (χ1) is 12.8. The van der Waals surface area contributed by atoms with Crippen LogP contribution in [0.5, 0.6) is 0 Å². The summed E-state index contributed by atoms with van der Waals surface area (Å²) in [7, 11) is -2.52. The van der Waals surface area contributed by atoms with Crippen molar-refractivity contribution in [1.82, 2.24) is 4.98 Å². The minimum absolute atomic E-state index is 0.558. The lowest BCUT2D eigenvalue weighted by atomic mass is 10.3. The molecule has 2 radical (unpaired) electrons. The normalized spacial score (nSPS) is 11.3. The van der Waals surface area contributed by atoms with E-state index in [-0.39, 0.29) is 0 Å². The van der Waals surface area contributed by atoms with Gasteiger partial charge in [0.15, 0.2) is 0 Å².